The zero-order valence-electron chi connectivity index (χ0n) is 22.6. The molecule has 206 valence electrons. The van der Waals surface area contributed by atoms with Crippen LogP contribution in [0.1, 0.15) is 91.4 Å². The lowest BCUT2D eigenvalue weighted by molar-refractivity contribution is -0.173. The van der Waals surface area contributed by atoms with Crippen molar-refractivity contribution in [3.05, 3.63) is 0 Å². The number of carbonyl (C=O) groups excluding carboxylic acids is 4. The number of methoxy groups -OCH3 is 1. The van der Waals surface area contributed by atoms with E-state index < -0.39 is 17.4 Å². The van der Waals surface area contributed by atoms with Crippen LogP contribution in [0.4, 0.5) is 0 Å². The van der Waals surface area contributed by atoms with Crippen molar-refractivity contribution in [2.24, 2.45) is 46.3 Å². The van der Waals surface area contributed by atoms with E-state index in [1.165, 1.54) is 7.11 Å². The molecular formula is C29H42O8. The lowest BCUT2D eigenvalue weighted by atomic mass is 9.43. The topological polar surface area (TPSA) is 124 Å². The predicted molar refractivity (Wildman–Crippen MR) is 133 cm³/mol. The quantitative estimate of drug-likeness (QED) is 0.470. The van der Waals surface area contributed by atoms with Crippen LogP contribution in [0.15, 0.2) is 0 Å². The van der Waals surface area contributed by atoms with E-state index in [9.17, 15) is 24.0 Å². The number of ether oxygens (including phenoxy) is 2. The fourth-order valence-electron chi connectivity index (χ4n) is 8.77. The average molecular weight is 519 g/mol. The molecule has 3 unspecified atom stereocenters. The fraction of sp³-hybridized carbons (Fsp3) is 0.828. The van der Waals surface area contributed by atoms with E-state index in [1.807, 2.05) is 0 Å². The number of aliphatic carboxylic acids is 1. The van der Waals surface area contributed by atoms with Crippen molar-refractivity contribution in [1.29, 1.82) is 0 Å². The van der Waals surface area contributed by atoms with Crippen LogP contribution in [0.25, 0.3) is 0 Å². The van der Waals surface area contributed by atoms with Gasteiger partial charge in [-0.1, -0.05) is 20.8 Å². The number of hydrogen-bond acceptors (Lipinski definition) is 7. The molecule has 0 heterocycles. The summed E-state index contributed by atoms with van der Waals surface area (Å²) in [5.41, 5.74) is -0.694. The van der Waals surface area contributed by atoms with Crippen LogP contribution in [0.5, 0.6) is 0 Å². The molecule has 37 heavy (non-hydrogen) atoms. The van der Waals surface area contributed by atoms with Crippen molar-refractivity contribution in [2.45, 2.75) is 97.5 Å². The Morgan fingerprint density at radius 3 is 2.41 bits per heavy atom. The van der Waals surface area contributed by atoms with Gasteiger partial charge in [0.05, 0.1) is 20.0 Å². The Morgan fingerprint density at radius 1 is 1.00 bits per heavy atom. The standard InChI is InChI=1S/C29H42O8/c1-16(5-9-25(34)36-4)19-6-7-20-27-21(15-23(31)29(19,20)3)28(2)12-11-18(13-17(28)14-22(27)30)37-26(35)10-8-24(32)33/h16-21,27H,5-15H2,1-4H3,(H,32,33)/t16?,17-,18+,19+,20-,21?,27?,28-,29+/m0/s1. The first kappa shape index (κ1) is 27.8. The number of Topliss-reactive ketones (excluding diaryl/α,β-unsaturated/α-hetero) is 2. The third kappa shape index (κ3) is 4.97. The molecule has 8 nitrogen and oxygen atoms in total. The van der Waals surface area contributed by atoms with E-state index in [-0.39, 0.29) is 77.4 Å². The van der Waals surface area contributed by atoms with E-state index in [0.29, 0.717) is 38.5 Å². The second-order valence-electron chi connectivity index (χ2n) is 12.6. The smallest absolute Gasteiger partial charge is 0.306 e. The van der Waals surface area contributed by atoms with Crippen molar-refractivity contribution in [2.75, 3.05) is 7.11 Å². The predicted octanol–water partition coefficient (Wildman–Crippen LogP) is 4.37. The van der Waals surface area contributed by atoms with Gasteiger partial charge < -0.3 is 14.6 Å². The summed E-state index contributed by atoms with van der Waals surface area (Å²) in [6.45, 7) is 6.43. The Bertz CT molecular complexity index is 958. The molecule has 0 bridgehead atoms. The number of carbonyl (C=O) groups is 5. The van der Waals surface area contributed by atoms with Gasteiger partial charge >= 0.3 is 17.9 Å². The monoisotopic (exact) mass is 518 g/mol. The van der Waals surface area contributed by atoms with E-state index >= 15 is 0 Å². The molecule has 0 aromatic heterocycles. The Labute approximate surface area is 219 Å². The van der Waals surface area contributed by atoms with Crippen LogP contribution in [0.3, 0.4) is 0 Å². The molecule has 0 radical (unpaired) electrons. The first-order valence-corrected chi connectivity index (χ1v) is 14.0. The minimum absolute atomic E-state index is 0.0112. The fourth-order valence-corrected chi connectivity index (χ4v) is 8.77. The maximum absolute atomic E-state index is 13.9. The Balaban J connectivity index is 1.48. The first-order valence-electron chi connectivity index (χ1n) is 14.0. The first-order chi connectivity index (χ1) is 17.4. The number of hydrogen-bond donors (Lipinski definition) is 1. The van der Waals surface area contributed by atoms with Gasteiger partial charge in [-0.2, -0.15) is 0 Å². The highest BCUT2D eigenvalue weighted by molar-refractivity contribution is 5.92. The van der Waals surface area contributed by atoms with Gasteiger partial charge in [0, 0.05) is 30.6 Å². The van der Waals surface area contributed by atoms with Crippen molar-refractivity contribution in [1.82, 2.24) is 0 Å². The van der Waals surface area contributed by atoms with Crippen LogP contribution in [0, 0.1) is 46.3 Å². The summed E-state index contributed by atoms with van der Waals surface area (Å²) in [5.74, 6) is -0.893. The number of fused-ring (bicyclic) bond motifs is 5. The van der Waals surface area contributed by atoms with E-state index in [0.717, 1.165) is 19.3 Å². The number of rotatable bonds is 8. The average Bonchev–Trinajstić information content (AvgIpc) is 3.21. The van der Waals surface area contributed by atoms with Crippen molar-refractivity contribution >= 4 is 29.5 Å². The zero-order chi connectivity index (χ0) is 27.1. The van der Waals surface area contributed by atoms with E-state index in [2.05, 4.69) is 20.8 Å². The summed E-state index contributed by atoms with van der Waals surface area (Å²) in [5, 5.41) is 8.81. The van der Waals surface area contributed by atoms with Gasteiger partial charge in [0.15, 0.2) is 0 Å². The lowest BCUT2D eigenvalue weighted by Crippen LogP contribution is -2.60. The molecule has 0 amide bonds. The van der Waals surface area contributed by atoms with Gasteiger partial charge in [-0.05, 0) is 73.5 Å². The molecule has 9 atom stereocenters. The Hall–Kier alpha value is -2.25. The van der Waals surface area contributed by atoms with Gasteiger partial charge in [0.2, 0.25) is 0 Å². The third-order valence-corrected chi connectivity index (χ3v) is 10.9. The second kappa shape index (κ2) is 10.5. The summed E-state index contributed by atoms with van der Waals surface area (Å²) in [7, 11) is 1.39. The molecule has 0 saturated heterocycles. The number of esters is 2. The molecule has 0 aromatic carbocycles. The van der Waals surface area contributed by atoms with Gasteiger partial charge in [-0.25, -0.2) is 0 Å². The number of carboxylic acids is 1. The Kier molecular flexibility index (Phi) is 7.87. The summed E-state index contributed by atoms with van der Waals surface area (Å²) in [6.07, 6.45) is 5.01. The lowest BCUT2D eigenvalue weighted by Gasteiger charge is -2.59. The molecule has 4 aliphatic carbocycles. The summed E-state index contributed by atoms with van der Waals surface area (Å²) >= 11 is 0. The SMILES string of the molecule is COC(=O)CCC(C)[C@H]1CC[C@H]2C3C(=O)C[C@@H]4C[C@H](OC(=O)CCC(=O)O)CC[C@]4(C)C3CC(=O)[C@]12C. The van der Waals surface area contributed by atoms with Gasteiger partial charge in [0.1, 0.15) is 17.7 Å². The molecule has 8 heteroatoms. The molecule has 0 aliphatic heterocycles. The van der Waals surface area contributed by atoms with Crippen molar-refractivity contribution < 1.29 is 38.6 Å². The van der Waals surface area contributed by atoms with E-state index in [1.54, 1.807) is 0 Å². The summed E-state index contributed by atoms with van der Waals surface area (Å²) in [4.78, 5) is 62.2. The highest BCUT2D eigenvalue weighted by atomic mass is 16.5. The van der Waals surface area contributed by atoms with Crippen molar-refractivity contribution in [3.63, 3.8) is 0 Å². The normalized spacial score (nSPS) is 39.7. The highest BCUT2D eigenvalue weighted by Gasteiger charge is 2.66. The molecule has 4 saturated carbocycles. The highest BCUT2D eigenvalue weighted by Crippen LogP contribution is 2.66. The molecular weight excluding hydrogens is 476 g/mol. The molecule has 4 fully saturated rings. The Morgan fingerprint density at radius 2 is 1.73 bits per heavy atom. The van der Waals surface area contributed by atoms with Gasteiger partial charge in [-0.3, -0.25) is 24.0 Å². The second-order valence-corrected chi connectivity index (χ2v) is 12.6. The summed E-state index contributed by atoms with van der Waals surface area (Å²) < 4.78 is 10.4. The minimum Gasteiger partial charge on any atom is -0.481 e. The minimum atomic E-state index is -1.03. The molecule has 0 aromatic rings. The summed E-state index contributed by atoms with van der Waals surface area (Å²) in [6, 6.07) is 0. The molecule has 1 N–H and O–H groups in total. The number of carboxylic acid groups (broad SMARTS) is 1. The molecule has 0 spiro atoms. The van der Waals surface area contributed by atoms with E-state index in [4.69, 9.17) is 14.6 Å². The van der Waals surface area contributed by atoms with Crippen LogP contribution in [0.2, 0.25) is 0 Å². The van der Waals surface area contributed by atoms with Crippen LogP contribution >= 0.6 is 0 Å². The largest absolute Gasteiger partial charge is 0.481 e. The number of ketones is 2. The zero-order valence-corrected chi connectivity index (χ0v) is 22.6. The van der Waals surface area contributed by atoms with Crippen LogP contribution in [-0.4, -0.2) is 47.8 Å². The van der Waals surface area contributed by atoms with Crippen LogP contribution < -0.4 is 0 Å². The third-order valence-electron chi connectivity index (χ3n) is 10.9. The van der Waals surface area contributed by atoms with Crippen LogP contribution in [-0.2, 0) is 33.4 Å². The maximum Gasteiger partial charge on any atom is 0.306 e. The van der Waals surface area contributed by atoms with Crippen molar-refractivity contribution in [3.8, 4) is 0 Å². The molecule has 4 rings (SSSR count). The van der Waals surface area contributed by atoms with Gasteiger partial charge in [-0.15, -0.1) is 0 Å². The maximum atomic E-state index is 13.9. The van der Waals surface area contributed by atoms with Gasteiger partial charge in [0.25, 0.3) is 0 Å². The molecule has 4 aliphatic rings.